The zero-order valence-corrected chi connectivity index (χ0v) is 9.30. The number of hydrogen-bond acceptors (Lipinski definition) is 2. The Morgan fingerprint density at radius 2 is 2.07 bits per heavy atom. The number of nitrogens with zero attached hydrogens (tertiary/aromatic N) is 1. The maximum absolute atomic E-state index is 6.17. The Morgan fingerprint density at radius 3 is 2.43 bits per heavy atom. The van der Waals surface area contributed by atoms with Gasteiger partial charge in [0.1, 0.15) is 0 Å². The van der Waals surface area contributed by atoms with Crippen LogP contribution in [0.1, 0.15) is 32.4 Å². The fraction of sp³-hybridized carbons (Fsp3) is 0.545. The summed E-state index contributed by atoms with van der Waals surface area (Å²) >= 11 is 5.80. The third-order valence-corrected chi connectivity index (χ3v) is 3.42. The maximum Gasteiger partial charge on any atom is 0.0589 e. The van der Waals surface area contributed by atoms with Crippen LogP contribution >= 0.6 is 11.6 Å². The summed E-state index contributed by atoms with van der Waals surface area (Å²) in [4.78, 5) is 4.37. The van der Waals surface area contributed by atoms with Crippen LogP contribution in [0.25, 0.3) is 0 Å². The quantitative estimate of drug-likeness (QED) is 0.815. The second-order valence-electron chi connectivity index (χ2n) is 4.67. The standard InChI is InChI=1S/C11H15ClN2/c1-10(2,13)11(5-6-11)9-4-3-8(12)7-14-9/h3-4,7H,5-6,13H2,1-2H3. The third-order valence-electron chi connectivity index (χ3n) is 3.20. The van der Waals surface area contributed by atoms with E-state index in [-0.39, 0.29) is 11.0 Å². The van der Waals surface area contributed by atoms with Crippen LogP contribution < -0.4 is 5.73 Å². The van der Waals surface area contributed by atoms with Crippen LogP contribution in [0, 0.1) is 0 Å². The first kappa shape index (κ1) is 9.94. The smallest absolute Gasteiger partial charge is 0.0589 e. The van der Waals surface area contributed by atoms with Gasteiger partial charge >= 0.3 is 0 Å². The summed E-state index contributed by atoms with van der Waals surface area (Å²) in [5, 5.41) is 0.680. The molecule has 0 amide bonds. The average Bonchev–Trinajstić information content (AvgIpc) is 2.84. The molecule has 14 heavy (non-hydrogen) atoms. The summed E-state index contributed by atoms with van der Waals surface area (Å²) in [5.41, 5.74) is 7.13. The highest BCUT2D eigenvalue weighted by Crippen LogP contribution is 2.53. The molecule has 0 bridgehead atoms. The fourth-order valence-electron chi connectivity index (χ4n) is 2.01. The van der Waals surface area contributed by atoms with Gasteiger partial charge in [-0.1, -0.05) is 11.6 Å². The van der Waals surface area contributed by atoms with Crippen molar-refractivity contribution in [3.63, 3.8) is 0 Å². The van der Waals surface area contributed by atoms with Gasteiger partial charge in [0.25, 0.3) is 0 Å². The lowest BCUT2D eigenvalue weighted by atomic mass is 9.82. The lowest BCUT2D eigenvalue weighted by Gasteiger charge is -2.30. The molecule has 0 atom stereocenters. The molecule has 0 unspecified atom stereocenters. The molecule has 0 spiro atoms. The summed E-state index contributed by atoms with van der Waals surface area (Å²) < 4.78 is 0. The van der Waals surface area contributed by atoms with Crippen molar-refractivity contribution in [2.75, 3.05) is 0 Å². The van der Waals surface area contributed by atoms with Crippen LogP contribution in [0.15, 0.2) is 18.3 Å². The predicted octanol–water partition coefficient (Wildman–Crippen LogP) is 2.50. The maximum atomic E-state index is 6.17. The topological polar surface area (TPSA) is 38.9 Å². The van der Waals surface area contributed by atoms with Crippen molar-refractivity contribution in [2.24, 2.45) is 5.73 Å². The summed E-state index contributed by atoms with van der Waals surface area (Å²) in [7, 11) is 0. The lowest BCUT2D eigenvalue weighted by Crippen LogP contribution is -2.45. The van der Waals surface area contributed by atoms with Gasteiger partial charge in [-0.25, -0.2) is 0 Å². The molecule has 1 aromatic rings. The van der Waals surface area contributed by atoms with E-state index in [1.807, 2.05) is 12.1 Å². The first-order chi connectivity index (χ1) is 6.46. The van der Waals surface area contributed by atoms with Gasteiger partial charge in [-0.2, -0.15) is 0 Å². The molecule has 2 rings (SSSR count). The molecule has 3 heteroatoms. The van der Waals surface area contributed by atoms with Gasteiger partial charge in [0.2, 0.25) is 0 Å². The van der Waals surface area contributed by atoms with Crippen molar-refractivity contribution in [2.45, 2.75) is 37.6 Å². The minimum atomic E-state index is -0.201. The zero-order valence-electron chi connectivity index (χ0n) is 8.55. The molecular weight excluding hydrogens is 196 g/mol. The van der Waals surface area contributed by atoms with E-state index >= 15 is 0 Å². The Hall–Kier alpha value is -0.600. The van der Waals surface area contributed by atoms with E-state index < -0.39 is 0 Å². The fourth-order valence-corrected chi connectivity index (χ4v) is 2.13. The summed E-state index contributed by atoms with van der Waals surface area (Å²) in [5.74, 6) is 0. The molecule has 2 N–H and O–H groups in total. The van der Waals surface area contributed by atoms with Crippen molar-refractivity contribution in [1.82, 2.24) is 4.98 Å². The Labute approximate surface area is 89.5 Å². The van der Waals surface area contributed by atoms with E-state index in [2.05, 4.69) is 18.8 Å². The zero-order chi connectivity index (χ0) is 10.4. The predicted molar refractivity (Wildman–Crippen MR) is 58.4 cm³/mol. The van der Waals surface area contributed by atoms with E-state index in [1.54, 1.807) is 6.20 Å². The molecule has 0 radical (unpaired) electrons. The van der Waals surface area contributed by atoms with E-state index in [4.69, 9.17) is 17.3 Å². The van der Waals surface area contributed by atoms with Gasteiger partial charge in [0.15, 0.2) is 0 Å². The van der Waals surface area contributed by atoms with E-state index in [0.29, 0.717) is 5.02 Å². The molecular formula is C11H15ClN2. The molecule has 1 aliphatic carbocycles. The van der Waals surface area contributed by atoms with Crippen LogP contribution in [-0.4, -0.2) is 10.5 Å². The van der Waals surface area contributed by atoms with Gasteiger partial charge < -0.3 is 5.73 Å². The largest absolute Gasteiger partial charge is 0.325 e. The minimum absolute atomic E-state index is 0.0809. The van der Waals surface area contributed by atoms with Gasteiger partial charge in [-0.15, -0.1) is 0 Å². The third kappa shape index (κ3) is 1.43. The summed E-state index contributed by atoms with van der Waals surface area (Å²) in [6.07, 6.45) is 3.96. The molecule has 1 aromatic heterocycles. The van der Waals surface area contributed by atoms with Crippen LogP contribution in [0.3, 0.4) is 0 Å². The Bertz CT molecular complexity index is 333. The molecule has 0 saturated heterocycles. The molecule has 1 aliphatic rings. The number of halogens is 1. The highest BCUT2D eigenvalue weighted by molar-refractivity contribution is 6.30. The van der Waals surface area contributed by atoms with Crippen molar-refractivity contribution in [3.8, 4) is 0 Å². The molecule has 1 saturated carbocycles. The monoisotopic (exact) mass is 210 g/mol. The van der Waals surface area contributed by atoms with Gasteiger partial charge in [-0.3, -0.25) is 4.98 Å². The highest BCUT2D eigenvalue weighted by atomic mass is 35.5. The first-order valence-corrected chi connectivity index (χ1v) is 5.24. The molecule has 2 nitrogen and oxygen atoms in total. The minimum Gasteiger partial charge on any atom is -0.325 e. The average molecular weight is 211 g/mol. The normalized spacial score (nSPS) is 19.4. The SMILES string of the molecule is CC(C)(N)C1(c2ccc(Cl)cn2)CC1. The lowest BCUT2D eigenvalue weighted by molar-refractivity contribution is 0.384. The van der Waals surface area contributed by atoms with Crippen molar-refractivity contribution in [3.05, 3.63) is 29.0 Å². The van der Waals surface area contributed by atoms with E-state index in [0.717, 1.165) is 18.5 Å². The number of hydrogen-bond donors (Lipinski definition) is 1. The molecule has 0 aliphatic heterocycles. The second-order valence-corrected chi connectivity index (χ2v) is 5.10. The summed E-state index contributed by atoms with van der Waals surface area (Å²) in [6.45, 7) is 4.13. The van der Waals surface area contributed by atoms with Crippen LogP contribution in [-0.2, 0) is 5.41 Å². The molecule has 0 aromatic carbocycles. The Morgan fingerprint density at radius 1 is 1.43 bits per heavy atom. The summed E-state index contributed by atoms with van der Waals surface area (Å²) in [6, 6.07) is 3.87. The van der Waals surface area contributed by atoms with Crippen LogP contribution in [0.4, 0.5) is 0 Å². The second kappa shape index (κ2) is 2.94. The van der Waals surface area contributed by atoms with Crippen molar-refractivity contribution in [1.29, 1.82) is 0 Å². The molecule has 1 heterocycles. The Balaban J connectivity index is 2.36. The first-order valence-electron chi connectivity index (χ1n) is 4.87. The van der Waals surface area contributed by atoms with Crippen molar-refractivity contribution < 1.29 is 0 Å². The van der Waals surface area contributed by atoms with E-state index in [1.165, 1.54) is 0 Å². The number of nitrogens with two attached hydrogens (primary N) is 1. The van der Waals surface area contributed by atoms with Crippen molar-refractivity contribution >= 4 is 11.6 Å². The Kier molecular flexibility index (Phi) is 2.09. The number of pyridine rings is 1. The molecule has 1 fully saturated rings. The number of rotatable bonds is 2. The van der Waals surface area contributed by atoms with Gasteiger partial charge in [0.05, 0.1) is 5.02 Å². The number of aromatic nitrogens is 1. The van der Waals surface area contributed by atoms with Crippen LogP contribution in [0.2, 0.25) is 5.02 Å². The van der Waals surface area contributed by atoms with Gasteiger partial charge in [0, 0.05) is 22.8 Å². The van der Waals surface area contributed by atoms with Crippen LogP contribution in [0.5, 0.6) is 0 Å². The van der Waals surface area contributed by atoms with Gasteiger partial charge in [-0.05, 0) is 38.8 Å². The molecule has 76 valence electrons. The highest BCUT2D eigenvalue weighted by Gasteiger charge is 2.54. The van der Waals surface area contributed by atoms with E-state index in [9.17, 15) is 0 Å².